The molecule has 110 valence electrons. The van der Waals surface area contributed by atoms with Crippen molar-refractivity contribution in [3.63, 3.8) is 0 Å². The molecule has 3 N–H and O–H groups in total. The number of likely N-dealkylation sites (tertiary alicyclic amines) is 2. The van der Waals surface area contributed by atoms with E-state index >= 15 is 0 Å². The first kappa shape index (κ1) is 14.8. The number of amides is 1. The summed E-state index contributed by atoms with van der Waals surface area (Å²) in [6.45, 7) is 8.99. The quantitative estimate of drug-likeness (QED) is 0.754. The van der Waals surface area contributed by atoms with E-state index in [0.29, 0.717) is 18.6 Å². The highest BCUT2D eigenvalue weighted by molar-refractivity contribution is 5.81. The van der Waals surface area contributed by atoms with Gasteiger partial charge in [0.1, 0.15) is 0 Å². The molecular weight excluding hydrogens is 240 g/mol. The Hall–Kier alpha value is -0.650. The Morgan fingerprint density at radius 2 is 2.00 bits per heavy atom. The van der Waals surface area contributed by atoms with Crippen LogP contribution in [0.3, 0.4) is 0 Å². The molecule has 2 heterocycles. The van der Waals surface area contributed by atoms with Crippen LogP contribution in [0.1, 0.15) is 33.1 Å². The number of carbonyl (C=O) groups is 1. The third kappa shape index (κ3) is 3.68. The van der Waals surface area contributed by atoms with Crippen LogP contribution >= 0.6 is 0 Å². The summed E-state index contributed by atoms with van der Waals surface area (Å²) in [5, 5.41) is 2.91. The standard InChI is InChI=1S/C14H28N4O/c1-3-16-14(19)11(2)18-9-6-13(10-18)17-7-4-12(15)5-8-17/h11-13H,3-10,15H2,1-2H3,(H,16,19). The van der Waals surface area contributed by atoms with E-state index in [9.17, 15) is 4.79 Å². The van der Waals surface area contributed by atoms with Crippen LogP contribution < -0.4 is 11.1 Å². The number of carbonyl (C=O) groups excluding carboxylic acids is 1. The summed E-state index contributed by atoms with van der Waals surface area (Å²) >= 11 is 0. The fourth-order valence-corrected chi connectivity index (χ4v) is 3.19. The van der Waals surface area contributed by atoms with Crippen LogP contribution in [0.5, 0.6) is 0 Å². The molecule has 2 rings (SSSR count). The third-order valence-corrected chi connectivity index (χ3v) is 4.56. The van der Waals surface area contributed by atoms with Crippen molar-refractivity contribution in [1.29, 1.82) is 0 Å². The molecule has 2 atom stereocenters. The Morgan fingerprint density at radius 1 is 1.32 bits per heavy atom. The number of hydrogen-bond acceptors (Lipinski definition) is 4. The van der Waals surface area contributed by atoms with Gasteiger partial charge in [-0.05, 0) is 46.2 Å². The number of likely N-dealkylation sites (N-methyl/N-ethyl adjacent to an activating group) is 1. The van der Waals surface area contributed by atoms with Crippen LogP contribution in [0.2, 0.25) is 0 Å². The fourth-order valence-electron chi connectivity index (χ4n) is 3.19. The first-order valence-electron chi connectivity index (χ1n) is 7.63. The lowest BCUT2D eigenvalue weighted by Gasteiger charge is -2.35. The summed E-state index contributed by atoms with van der Waals surface area (Å²) in [6.07, 6.45) is 3.41. The number of rotatable bonds is 4. The minimum Gasteiger partial charge on any atom is -0.355 e. The molecule has 5 nitrogen and oxygen atoms in total. The first-order valence-corrected chi connectivity index (χ1v) is 7.63. The van der Waals surface area contributed by atoms with Gasteiger partial charge in [-0.2, -0.15) is 0 Å². The summed E-state index contributed by atoms with van der Waals surface area (Å²) in [5.41, 5.74) is 5.95. The van der Waals surface area contributed by atoms with E-state index in [2.05, 4.69) is 15.1 Å². The van der Waals surface area contributed by atoms with Crippen molar-refractivity contribution in [1.82, 2.24) is 15.1 Å². The van der Waals surface area contributed by atoms with Gasteiger partial charge in [0.15, 0.2) is 0 Å². The van der Waals surface area contributed by atoms with E-state index in [1.807, 2.05) is 13.8 Å². The summed E-state index contributed by atoms with van der Waals surface area (Å²) in [7, 11) is 0. The predicted molar refractivity (Wildman–Crippen MR) is 76.9 cm³/mol. The smallest absolute Gasteiger partial charge is 0.237 e. The average Bonchev–Trinajstić information content (AvgIpc) is 2.88. The average molecular weight is 268 g/mol. The highest BCUT2D eigenvalue weighted by Gasteiger charge is 2.33. The van der Waals surface area contributed by atoms with Crippen molar-refractivity contribution in [2.75, 3.05) is 32.7 Å². The Kier molecular flexibility index (Phi) is 5.19. The third-order valence-electron chi connectivity index (χ3n) is 4.56. The molecule has 0 aromatic carbocycles. The molecule has 0 bridgehead atoms. The second-order valence-corrected chi connectivity index (χ2v) is 5.88. The minimum absolute atomic E-state index is 0.00278. The molecule has 0 aliphatic carbocycles. The molecule has 1 amide bonds. The monoisotopic (exact) mass is 268 g/mol. The molecule has 2 unspecified atom stereocenters. The van der Waals surface area contributed by atoms with E-state index in [-0.39, 0.29) is 11.9 Å². The second kappa shape index (κ2) is 6.68. The van der Waals surface area contributed by atoms with Crippen LogP contribution in [0.4, 0.5) is 0 Å². The molecule has 0 aromatic heterocycles. The molecular formula is C14H28N4O. The molecule has 2 fully saturated rings. The summed E-state index contributed by atoms with van der Waals surface area (Å²) in [5.74, 6) is 0.156. The van der Waals surface area contributed by atoms with Gasteiger partial charge in [0.25, 0.3) is 0 Å². The zero-order valence-electron chi connectivity index (χ0n) is 12.3. The molecule has 0 radical (unpaired) electrons. The van der Waals surface area contributed by atoms with E-state index in [1.54, 1.807) is 0 Å². The summed E-state index contributed by atoms with van der Waals surface area (Å²) in [6, 6.07) is 1.00. The van der Waals surface area contributed by atoms with Crippen molar-refractivity contribution >= 4 is 5.91 Å². The van der Waals surface area contributed by atoms with Crippen molar-refractivity contribution in [2.24, 2.45) is 5.73 Å². The van der Waals surface area contributed by atoms with Gasteiger partial charge in [-0.1, -0.05) is 0 Å². The molecule has 19 heavy (non-hydrogen) atoms. The molecule has 5 heteroatoms. The Bertz CT molecular complexity index is 302. The Morgan fingerprint density at radius 3 is 2.63 bits per heavy atom. The van der Waals surface area contributed by atoms with Gasteiger partial charge < -0.3 is 11.1 Å². The lowest BCUT2D eigenvalue weighted by Crippen LogP contribution is -2.48. The van der Waals surface area contributed by atoms with Gasteiger partial charge in [-0.25, -0.2) is 0 Å². The predicted octanol–water partition coefficient (Wildman–Crippen LogP) is 0.00840. The summed E-state index contributed by atoms with van der Waals surface area (Å²) < 4.78 is 0. The summed E-state index contributed by atoms with van der Waals surface area (Å²) in [4.78, 5) is 16.7. The maximum absolute atomic E-state index is 11.9. The largest absolute Gasteiger partial charge is 0.355 e. The SMILES string of the molecule is CCNC(=O)C(C)N1CCC(N2CCC(N)CC2)C1. The highest BCUT2D eigenvalue weighted by Crippen LogP contribution is 2.21. The van der Waals surface area contributed by atoms with Crippen LogP contribution in [-0.4, -0.2) is 66.6 Å². The molecule has 0 saturated carbocycles. The lowest BCUT2D eigenvalue weighted by atomic mass is 10.0. The number of piperidine rings is 1. The first-order chi connectivity index (χ1) is 9.11. The molecule has 2 aliphatic rings. The van der Waals surface area contributed by atoms with Crippen molar-refractivity contribution in [2.45, 2.75) is 51.2 Å². The lowest BCUT2D eigenvalue weighted by molar-refractivity contribution is -0.125. The topological polar surface area (TPSA) is 61.6 Å². The van der Waals surface area contributed by atoms with Gasteiger partial charge in [0.2, 0.25) is 5.91 Å². The maximum Gasteiger partial charge on any atom is 0.237 e. The van der Waals surface area contributed by atoms with Crippen LogP contribution in [0.15, 0.2) is 0 Å². The highest BCUT2D eigenvalue weighted by atomic mass is 16.2. The molecule has 2 aliphatic heterocycles. The van der Waals surface area contributed by atoms with Crippen LogP contribution in [-0.2, 0) is 4.79 Å². The second-order valence-electron chi connectivity index (χ2n) is 5.88. The van der Waals surface area contributed by atoms with Crippen molar-refractivity contribution < 1.29 is 4.79 Å². The number of nitrogens with zero attached hydrogens (tertiary/aromatic N) is 2. The van der Waals surface area contributed by atoms with Gasteiger partial charge in [0, 0.05) is 31.7 Å². The normalized spacial score (nSPS) is 28.5. The zero-order chi connectivity index (χ0) is 13.8. The van der Waals surface area contributed by atoms with E-state index in [4.69, 9.17) is 5.73 Å². The number of nitrogens with one attached hydrogen (secondary N) is 1. The van der Waals surface area contributed by atoms with E-state index in [1.165, 1.54) is 6.42 Å². The van der Waals surface area contributed by atoms with Crippen LogP contribution in [0, 0.1) is 0 Å². The zero-order valence-corrected chi connectivity index (χ0v) is 12.3. The van der Waals surface area contributed by atoms with Gasteiger partial charge in [-0.3, -0.25) is 14.6 Å². The van der Waals surface area contributed by atoms with Crippen LogP contribution in [0.25, 0.3) is 0 Å². The number of hydrogen-bond donors (Lipinski definition) is 2. The Labute approximate surface area is 116 Å². The van der Waals surface area contributed by atoms with Gasteiger partial charge >= 0.3 is 0 Å². The van der Waals surface area contributed by atoms with E-state index < -0.39 is 0 Å². The molecule has 2 saturated heterocycles. The Balaban J connectivity index is 1.81. The molecule has 0 spiro atoms. The molecule has 0 aromatic rings. The minimum atomic E-state index is -0.00278. The van der Waals surface area contributed by atoms with E-state index in [0.717, 1.165) is 39.0 Å². The maximum atomic E-state index is 11.9. The van der Waals surface area contributed by atoms with Crippen molar-refractivity contribution in [3.8, 4) is 0 Å². The van der Waals surface area contributed by atoms with Crippen molar-refractivity contribution in [3.05, 3.63) is 0 Å². The fraction of sp³-hybridized carbons (Fsp3) is 0.929. The van der Waals surface area contributed by atoms with Gasteiger partial charge in [0.05, 0.1) is 6.04 Å². The number of nitrogens with two attached hydrogens (primary N) is 1. The van der Waals surface area contributed by atoms with Gasteiger partial charge in [-0.15, -0.1) is 0 Å².